The Labute approximate surface area is 95.9 Å². The van der Waals surface area contributed by atoms with Crippen LogP contribution in [0.1, 0.15) is 49.7 Å². The maximum absolute atomic E-state index is 6.50. The van der Waals surface area contributed by atoms with Crippen LogP contribution in [0.25, 0.3) is 0 Å². The van der Waals surface area contributed by atoms with Gasteiger partial charge in [-0.3, -0.25) is 0 Å². The van der Waals surface area contributed by atoms with Gasteiger partial charge >= 0.3 is 0 Å². The summed E-state index contributed by atoms with van der Waals surface area (Å²) < 4.78 is 0. The Hall–Kier alpha value is -0.410. The van der Waals surface area contributed by atoms with Crippen molar-refractivity contribution in [3.63, 3.8) is 0 Å². The molecule has 0 radical (unpaired) electrons. The third-order valence-electron chi connectivity index (χ3n) is 3.45. The van der Waals surface area contributed by atoms with E-state index in [1.807, 2.05) is 6.92 Å². The number of nitrogens with two attached hydrogens (primary N) is 1. The molecule has 1 aliphatic carbocycles. The molecule has 0 aliphatic heterocycles. The molecule has 84 valence electrons. The van der Waals surface area contributed by atoms with E-state index in [0.717, 1.165) is 29.5 Å². The average molecular weight is 224 g/mol. The first-order valence-corrected chi connectivity index (χ1v) is 6.69. The van der Waals surface area contributed by atoms with E-state index in [9.17, 15) is 0 Å². The van der Waals surface area contributed by atoms with E-state index in [-0.39, 0.29) is 5.54 Å². The zero-order chi connectivity index (χ0) is 10.9. The van der Waals surface area contributed by atoms with Gasteiger partial charge in [0.05, 0.1) is 5.54 Å². The molecule has 0 amide bonds. The molecule has 3 heteroatoms. The minimum absolute atomic E-state index is 0.135. The fourth-order valence-electron chi connectivity index (χ4n) is 2.34. The molecule has 15 heavy (non-hydrogen) atoms. The number of hydrogen-bond donors (Lipinski definition) is 1. The van der Waals surface area contributed by atoms with Crippen LogP contribution in [0, 0.1) is 12.8 Å². The predicted octanol–water partition coefficient (Wildman–Crippen LogP) is 3.21. The Morgan fingerprint density at radius 1 is 1.47 bits per heavy atom. The first-order chi connectivity index (χ1) is 7.10. The van der Waals surface area contributed by atoms with Crippen molar-refractivity contribution in [3.8, 4) is 0 Å². The molecular formula is C12H20N2S. The lowest BCUT2D eigenvalue weighted by Gasteiger charge is -2.25. The van der Waals surface area contributed by atoms with Crippen molar-refractivity contribution in [1.82, 2.24) is 4.98 Å². The lowest BCUT2D eigenvalue weighted by atomic mass is 9.92. The monoisotopic (exact) mass is 224 g/mol. The van der Waals surface area contributed by atoms with E-state index in [0.29, 0.717) is 0 Å². The molecule has 2 atom stereocenters. The van der Waals surface area contributed by atoms with Gasteiger partial charge in [-0.25, -0.2) is 4.98 Å². The second kappa shape index (κ2) is 4.22. The molecule has 0 aromatic carbocycles. The Kier molecular flexibility index (Phi) is 3.12. The summed E-state index contributed by atoms with van der Waals surface area (Å²) in [5.41, 5.74) is 7.48. The van der Waals surface area contributed by atoms with Gasteiger partial charge in [-0.2, -0.15) is 0 Å². The molecule has 2 unspecified atom stereocenters. The van der Waals surface area contributed by atoms with Gasteiger partial charge in [-0.05, 0) is 32.1 Å². The van der Waals surface area contributed by atoms with Gasteiger partial charge < -0.3 is 5.73 Å². The van der Waals surface area contributed by atoms with E-state index in [2.05, 4.69) is 17.3 Å². The number of aromatic nitrogens is 1. The zero-order valence-electron chi connectivity index (χ0n) is 9.62. The number of aryl methyl sites for hydroxylation is 1. The normalized spacial score (nSPS) is 32.6. The highest BCUT2D eigenvalue weighted by Gasteiger charge is 2.32. The molecule has 0 saturated heterocycles. The van der Waals surface area contributed by atoms with Crippen LogP contribution >= 0.6 is 11.3 Å². The third kappa shape index (κ3) is 2.40. The van der Waals surface area contributed by atoms with E-state index in [1.54, 1.807) is 11.3 Å². The number of nitrogens with zero attached hydrogens (tertiary/aromatic N) is 1. The molecule has 0 spiro atoms. The Morgan fingerprint density at radius 2 is 2.27 bits per heavy atom. The van der Waals surface area contributed by atoms with Crippen molar-refractivity contribution in [3.05, 3.63) is 16.1 Å². The lowest BCUT2D eigenvalue weighted by molar-refractivity contribution is 0.376. The minimum atomic E-state index is -0.135. The van der Waals surface area contributed by atoms with Crippen LogP contribution in [0.4, 0.5) is 0 Å². The molecule has 1 fully saturated rings. The summed E-state index contributed by atoms with van der Waals surface area (Å²) >= 11 is 1.73. The average Bonchev–Trinajstić information content (AvgIpc) is 2.55. The van der Waals surface area contributed by atoms with Gasteiger partial charge in [0.2, 0.25) is 0 Å². The molecule has 1 saturated carbocycles. The molecule has 2 nitrogen and oxygen atoms in total. The minimum Gasteiger partial charge on any atom is -0.319 e. The molecule has 2 rings (SSSR count). The summed E-state index contributed by atoms with van der Waals surface area (Å²) in [6, 6.07) is 0. The summed E-state index contributed by atoms with van der Waals surface area (Å²) in [6.07, 6.45) is 6.01. The van der Waals surface area contributed by atoms with Gasteiger partial charge in [0.25, 0.3) is 0 Å². The van der Waals surface area contributed by atoms with Crippen molar-refractivity contribution < 1.29 is 0 Å². The highest BCUT2D eigenvalue weighted by Crippen LogP contribution is 2.36. The first-order valence-electron chi connectivity index (χ1n) is 5.82. The summed E-state index contributed by atoms with van der Waals surface area (Å²) in [4.78, 5) is 4.57. The summed E-state index contributed by atoms with van der Waals surface area (Å²) in [5, 5.41) is 3.26. The van der Waals surface area contributed by atoms with Crippen LogP contribution in [0.3, 0.4) is 0 Å². The quantitative estimate of drug-likeness (QED) is 0.744. The maximum Gasteiger partial charge on any atom is 0.113 e. The number of hydrogen-bond acceptors (Lipinski definition) is 3. The molecule has 1 aromatic heterocycles. The lowest BCUT2D eigenvalue weighted by Crippen LogP contribution is -2.36. The van der Waals surface area contributed by atoms with Gasteiger partial charge in [0.15, 0.2) is 0 Å². The molecule has 2 N–H and O–H groups in total. The van der Waals surface area contributed by atoms with Gasteiger partial charge in [-0.15, -0.1) is 11.3 Å². The van der Waals surface area contributed by atoms with E-state index >= 15 is 0 Å². The standard InChI is InChI=1S/C12H20N2S/c1-9-4-3-6-12(13,7-5-9)11-14-10(2)8-15-11/h8-9H,3-7,13H2,1-2H3. The Balaban J connectivity index is 2.18. The second-order valence-electron chi connectivity index (χ2n) is 4.99. The first kappa shape index (κ1) is 11.1. The molecular weight excluding hydrogens is 204 g/mol. The van der Waals surface area contributed by atoms with Crippen LogP contribution < -0.4 is 5.73 Å². The number of rotatable bonds is 1. The summed E-state index contributed by atoms with van der Waals surface area (Å²) in [6.45, 7) is 4.38. The van der Waals surface area contributed by atoms with Crippen LogP contribution in [0.2, 0.25) is 0 Å². The van der Waals surface area contributed by atoms with E-state index in [4.69, 9.17) is 5.73 Å². The van der Waals surface area contributed by atoms with Crippen LogP contribution in [-0.2, 0) is 5.54 Å². The van der Waals surface area contributed by atoms with Gasteiger partial charge in [-0.1, -0.05) is 19.8 Å². The highest BCUT2D eigenvalue weighted by atomic mass is 32.1. The van der Waals surface area contributed by atoms with Crippen molar-refractivity contribution in [2.75, 3.05) is 0 Å². The maximum atomic E-state index is 6.50. The molecule has 0 bridgehead atoms. The summed E-state index contributed by atoms with van der Waals surface area (Å²) in [5.74, 6) is 0.830. The fraction of sp³-hybridized carbons (Fsp3) is 0.750. The van der Waals surface area contributed by atoms with Gasteiger partial charge in [0, 0.05) is 11.1 Å². The van der Waals surface area contributed by atoms with Crippen LogP contribution in [0.5, 0.6) is 0 Å². The number of thiazole rings is 1. The van der Waals surface area contributed by atoms with E-state index < -0.39 is 0 Å². The topological polar surface area (TPSA) is 38.9 Å². The smallest absolute Gasteiger partial charge is 0.113 e. The fourth-order valence-corrected chi connectivity index (χ4v) is 3.31. The van der Waals surface area contributed by atoms with Crippen molar-refractivity contribution >= 4 is 11.3 Å². The van der Waals surface area contributed by atoms with Gasteiger partial charge in [0.1, 0.15) is 5.01 Å². The predicted molar refractivity (Wildman–Crippen MR) is 65.0 cm³/mol. The van der Waals surface area contributed by atoms with E-state index in [1.165, 1.54) is 19.3 Å². The van der Waals surface area contributed by atoms with Crippen molar-refractivity contribution in [2.45, 2.75) is 51.5 Å². The Bertz CT molecular complexity index is 334. The highest BCUT2D eigenvalue weighted by molar-refractivity contribution is 7.09. The van der Waals surface area contributed by atoms with Crippen LogP contribution in [-0.4, -0.2) is 4.98 Å². The largest absolute Gasteiger partial charge is 0.319 e. The molecule has 1 heterocycles. The SMILES string of the molecule is Cc1csc(C2(N)CCCC(C)CC2)n1. The molecule has 1 aliphatic rings. The van der Waals surface area contributed by atoms with Crippen molar-refractivity contribution in [1.29, 1.82) is 0 Å². The summed E-state index contributed by atoms with van der Waals surface area (Å²) in [7, 11) is 0. The van der Waals surface area contributed by atoms with Crippen LogP contribution in [0.15, 0.2) is 5.38 Å². The Morgan fingerprint density at radius 3 is 2.93 bits per heavy atom. The molecule has 1 aromatic rings. The third-order valence-corrected chi connectivity index (χ3v) is 4.63. The van der Waals surface area contributed by atoms with Crippen molar-refractivity contribution in [2.24, 2.45) is 11.7 Å². The zero-order valence-corrected chi connectivity index (χ0v) is 10.4. The second-order valence-corrected chi connectivity index (χ2v) is 5.84.